The van der Waals surface area contributed by atoms with Crippen LogP contribution < -0.4 is 10.6 Å². The van der Waals surface area contributed by atoms with E-state index in [0.29, 0.717) is 6.42 Å². The molecule has 0 unspecified atom stereocenters. The third kappa shape index (κ3) is 6.78. The first-order valence-electron chi connectivity index (χ1n) is 7.66. The fourth-order valence-corrected chi connectivity index (χ4v) is 2.28. The van der Waals surface area contributed by atoms with Crippen LogP contribution in [-0.4, -0.2) is 37.6 Å². The van der Waals surface area contributed by atoms with E-state index in [1.54, 1.807) is 6.07 Å². The Bertz CT molecular complexity index is 534. The predicted molar refractivity (Wildman–Crippen MR) is 86.4 cm³/mol. The molecule has 2 atom stereocenters. The maximum atomic E-state index is 13.2. The molecule has 0 aliphatic carbocycles. The molecule has 0 aliphatic rings. The van der Waals surface area contributed by atoms with Gasteiger partial charge in [0.1, 0.15) is 18.5 Å². The van der Waals surface area contributed by atoms with Crippen molar-refractivity contribution < 1.29 is 18.7 Å². The van der Waals surface area contributed by atoms with Crippen molar-refractivity contribution in [2.45, 2.75) is 39.3 Å². The van der Waals surface area contributed by atoms with Gasteiger partial charge in [-0.05, 0) is 37.0 Å². The fraction of sp³-hybridized carbons (Fsp3) is 0.529. The summed E-state index contributed by atoms with van der Waals surface area (Å²) in [5.74, 6) is -0.947. The Labute approximate surface area is 136 Å². The standard InChI is InChI=1S/C17H25FN2O3/c1-11(2)16(20-15(21)10-23-4)17(22)19-12(3)8-13-6-5-7-14(18)9-13/h5-7,9,11-12,16H,8,10H2,1-4H3,(H,19,22)(H,20,21)/t12-,16-/m0/s1. The SMILES string of the molecule is COCC(=O)N[C@H](C(=O)N[C@@H](C)Cc1cccc(F)c1)C(C)C. The van der Waals surface area contributed by atoms with Crippen LogP contribution in [-0.2, 0) is 20.7 Å². The van der Waals surface area contributed by atoms with E-state index in [0.717, 1.165) is 5.56 Å². The molecule has 2 amide bonds. The lowest BCUT2D eigenvalue weighted by atomic mass is 10.0. The van der Waals surface area contributed by atoms with Crippen LogP contribution in [0.2, 0.25) is 0 Å². The van der Waals surface area contributed by atoms with Crippen LogP contribution >= 0.6 is 0 Å². The van der Waals surface area contributed by atoms with Gasteiger partial charge in [-0.3, -0.25) is 9.59 Å². The van der Waals surface area contributed by atoms with Crippen molar-refractivity contribution in [1.82, 2.24) is 10.6 Å². The van der Waals surface area contributed by atoms with Crippen LogP contribution in [0.1, 0.15) is 26.3 Å². The van der Waals surface area contributed by atoms with Crippen LogP contribution in [0.4, 0.5) is 4.39 Å². The van der Waals surface area contributed by atoms with Gasteiger partial charge in [-0.15, -0.1) is 0 Å². The minimum Gasteiger partial charge on any atom is -0.375 e. The minimum atomic E-state index is -0.632. The van der Waals surface area contributed by atoms with Crippen molar-refractivity contribution in [2.75, 3.05) is 13.7 Å². The number of halogens is 1. The molecule has 1 aromatic rings. The molecule has 6 heteroatoms. The summed E-state index contributed by atoms with van der Waals surface area (Å²) in [6.45, 7) is 5.47. The van der Waals surface area contributed by atoms with E-state index in [-0.39, 0.29) is 36.2 Å². The van der Waals surface area contributed by atoms with Crippen LogP contribution in [0.25, 0.3) is 0 Å². The van der Waals surface area contributed by atoms with Gasteiger partial charge in [0.25, 0.3) is 0 Å². The highest BCUT2D eigenvalue weighted by molar-refractivity contribution is 5.88. The lowest BCUT2D eigenvalue weighted by Gasteiger charge is -2.24. The zero-order valence-corrected chi connectivity index (χ0v) is 14.1. The topological polar surface area (TPSA) is 67.4 Å². The van der Waals surface area contributed by atoms with Gasteiger partial charge in [-0.2, -0.15) is 0 Å². The highest BCUT2D eigenvalue weighted by Crippen LogP contribution is 2.08. The van der Waals surface area contributed by atoms with Gasteiger partial charge in [0.05, 0.1) is 0 Å². The molecule has 128 valence electrons. The van der Waals surface area contributed by atoms with Crippen LogP contribution in [0, 0.1) is 11.7 Å². The Kier molecular flexibility index (Phi) is 7.68. The molecule has 0 saturated heterocycles. The Morgan fingerprint density at radius 2 is 1.91 bits per heavy atom. The Hall–Kier alpha value is -1.95. The summed E-state index contributed by atoms with van der Waals surface area (Å²) in [5.41, 5.74) is 0.808. The zero-order chi connectivity index (χ0) is 17.4. The molecule has 5 nitrogen and oxygen atoms in total. The fourth-order valence-electron chi connectivity index (χ4n) is 2.28. The normalized spacial score (nSPS) is 13.5. The van der Waals surface area contributed by atoms with E-state index in [4.69, 9.17) is 4.74 Å². The molecule has 0 aliphatic heterocycles. The van der Waals surface area contributed by atoms with E-state index < -0.39 is 6.04 Å². The van der Waals surface area contributed by atoms with E-state index in [1.165, 1.54) is 19.2 Å². The number of ether oxygens (including phenoxy) is 1. The second-order valence-electron chi connectivity index (χ2n) is 5.97. The number of rotatable bonds is 8. The Morgan fingerprint density at radius 1 is 1.22 bits per heavy atom. The highest BCUT2D eigenvalue weighted by Gasteiger charge is 2.25. The molecular formula is C17H25FN2O3. The maximum Gasteiger partial charge on any atom is 0.246 e. The molecule has 23 heavy (non-hydrogen) atoms. The van der Waals surface area contributed by atoms with Gasteiger partial charge in [0, 0.05) is 13.2 Å². The monoisotopic (exact) mass is 324 g/mol. The van der Waals surface area contributed by atoms with Crippen molar-refractivity contribution in [3.63, 3.8) is 0 Å². The third-order valence-corrected chi connectivity index (χ3v) is 3.36. The van der Waals surface area contributed by atoms with E-state index in [2.05, 4.69) is 10.6 Å². The van der Waals surface area contributed by atoms with E-state index in [1.807, 2.05) is 26.8 Å². The first-order chi connectivity index (χ1) is 10.8. The summed E-state index contributed by atoms with van der Waals surface area (Å²) in [6, 6.07) is 5.47. The molecule has 0 spiro atoms. The third-order valence-electron chi connectivity index (χ3n) is 3.36. The average molecular weight is 324 g/mol. The quantitative estimate of drug-likeness (QED) is 0.764. The molecule has 0 heterocycles. The van der Waals surface area contributed by atoms with E-state index in [9.17, 15) is 14.0 Å². The molecular weight excluding hydrogens is 299 g/mol. The van der Waals surface area contributed by atoms with Crippen LogP contribution in [0.5, 0.6) is 0 Å². The molecule has 2 N–H and O–H groups in total. The number of hydrogen-bond acceptors (Lipinski definition) is 3. The largest absolute Gasteiger partial charge is 0.375 e. The maximum absolute atomic E-state index is 13.2. The van der Waals surface area contributed by atoms with Crippen LogP contribution in [0.15, 0.2) is 24.3 Å². The van der Waals surface area contributed by atoms with Gasteiger partial charge >= 0.3 is 0 Å². The van der Waals surface area contributed by atoms with E-state index >= 15 is 0 Å². The number of nitrogens with one attached hydrogen (secondary N) is 2. The lowest BCUT2D eigenvalue weighted by molar-refractivity contribution is -0.132. The Morgan fingerprint density at radius 3 is 2.48 bits per heavy atom. The highest BCUT2D eigenvalue weighted by atomic mass is 19.1. The lowest BCUT2D eigenvalue weighted by Crippen LogP contribution is -2.52. The van der Waals surface area contributed by atoms with Gasteiger partial charge in [0.15, 0.2) is 0 Å². The Balaban J connectivity index is 2.61. The summed E-state index contributed by atoms with van der Waals surface area (Å²) < 4.78 is 17.9. The average Bonchev–Trinajstić information content (AvgIpc) is 2.44. The summed E-state index contributed by atoms with van der Waals surface area (Å²) in [4.78, 5) is 24.0. The number of methoxy groups -OCH3 is 1. The summed E-state index contributed by atoms with van der Waals surface area (Å²) in [7, 11) is 1.42. The second-order valence-corrected chi connectivity index (χ2v) is 5.97. The molecule has 1 rings (SSSR count). The first kappa shape index (κ1) is 19.1. The van der Waals surface area contributed by atoms with Gasteiger partial charge in [0.2, 0.25) is 11.8 Å². The number of carbonyl (C=O) groups excluding carboxylic acids is 2. The van der Waals surface area contributed by atoms with Crippen molar-refractivity contribution in [2.24, 2.45) is 5.92 Å². The first-order valence-corrected chi connectivity index (χ1v) is 7.66. The minimum absolute atomic E-state index is 0.0582. The second kappa shape index (κ2) is 9.25. The van der Waals surface area contributed by atoms with Gasteiger partial charge in [-0.25, -0.2) is 4.39 Å². The molecule has 0 aromatic heterocycles. The van der Waals surface area contributed by atoms with Gasteiger partial charge < -0.3 is 15.4 Å². The van der Waals surface area contributed by atoms with Crippen molar-refractivity contribution >= 4 is 11.8 Å². The summed E-state index contributed by atoms with van der Waals surface area (Å²) in [6.07, 6.45) is 0.514. The summed E-state index contributed by atoms with van der Waals surface area (Å²) in [5, 5.41) is 5.52. The van der Waals surface area contributed by atoms with Crippen molar-refractivity contribution in [3.05, 3.63) is 35.6 Å². The van der Waals surface area contributed by atoms with Crippen LogP contribution in [0.3, 0.4) is 0 Å². The smallest absolute Gasteiger partial charge is 0.246 e. The number of carbonyl (C=O) groups is 2. The zero-order valence-electron chi connectivity index (χ0n) is 14.1. The summed E-state index contributed by atoms with van der Waals surface area (Å²) >= 11 is 0. The number of benzene rings is 1. The van der Waals surface area contributed by atoms with Crippen molar-refractivity contribution in [1.29, 1.82) is 0 Å². The number of hydrogen-bond donors (Lipinski definition) is 2. The molecule has 0 bridgehead atoms. The van der Waals surface area contributed by atoms with Gasteiger partial charge in [-0.1, -0.05) is 26.0 Å². The molecule has 0 saturated carbocycles. The molecule has 0 fully saturated rings. The molecule has 1 aromatic carbocycles. The number of amides is 2. The van der Waals surface area contributed by atoms with Crippen molar-refractivity contribution in [3.8, 4) is 0 Å². The molecule has 0 radical (unpaired) electrons. The predicted octanol–water partition coefficient (Wildman–Crippen LogP) is 1.66.